The molecule has 0 saturated heterocycles. The van der Waals surface area contributed by atoms with Crippen LogP contribution in [-0.4, -0.2) is 38.0 Å². The van der Waals surface area contributed by atoms with Gasteiger partial charge < -0.3 is 4.90 Å². The number of benzene rings is 2. The van der Waals surface area contributed by atoms with Gasteiger partial charge in [0, 0.05) is 31.7 Å². The summed E-state index contributed by atoms with van der Waals surface area (Å²) in [7, 11) is -3.48. The molecule has 1 aliphatic rings. The van der Waals surface area contributed by atoms with Crippen LogP contribution in [0.3, 0.4) is 0 Å². The summed E-state index contributed by atoms with van der Waals surface area (Å²) in [6.07, 6.45) is 2.03. The molecule has 0 fully saturated rings. The Hall–Kier alpha value is -2.25. The predicted octanol–water partition coefficient (Wildman–Crippen LogP) is 2.57. The molecule has 1 heterocycles. The van der Waals surface area contributed by atoms with Crippen LogP contribution in [0.5, 0.6) is 0 Å². The minimum Gasteiger partial charge on any atom is -0.312 e. The van der Waals surface area contributed by atoms with Gasteiger partial charge in [-0.2, -0.15) is 4.31 Å². The molecule has 0 bridgehead atoms. The second-order valence-electron chi connectivity index (χ2n) is 6.40. The maximum absolute atomic E-state index is 13.0. The van der Waals surface area contributed by atoms with Crippen molar-refractivity contribution in [1.29, 1.82) is 0 Å². The predicted molar refractivity (Wildman–Crippen MR) is 98.8 cm³/mol. The summed E-state index contributed by atoms with van der Waals surface area (Å²) in [6.45, 7) is 0.825. The molecule has 1 aliphatic heterocycles. The Morgan fingerprint density at radius 3 is 2.54 bits per heavy atom. The maximum atomic E-state index is 13.0. The van der Waals surface area contributed by atoms with Gasteiger partial charge >= 0.3 is 0 Å². The highest BCUT2D eigenvalue weighted by Crippen LogP contribution is 2.28. The van der Waals surface area contributed by atoms with E-state index in [0.29, 0.717) is 12.1 Å². The number of amides is 1. The molecule has 5 nitrogen and oxygen atoms in total. The van der Waals surface area contributed by atoms with E-state index < -0.39 is 10.0 Å². The number of sulfonamides is 1. The Morgan fingerprint density at radius 1 is 1.15 bits per heavy atom. The summed E-state index contributed by atoms with van der Waals surface area (Å²) in [4.78, 5) is 14.3. The molecule has 0 spiro atoms. The van der Waals surface area contributed by atoms with Gasteiger partial charge in [0.25, 0.3) is 0 Å². The molecular formula is C19H21FN2O3S. The highest BCUT2D eigenvalue weighted by Gasteiger charge is 2.25. The second kappa shape index (κ2) is 7.55. The quantitative estimate of drug-likeness (QED) is 0.779. The standard InChI is InChI=1S/C19H21FN2O3S/c1-26(24,25)21(14-15-6-8-17(20)9-7-15)12-11-19(23)22-13-10-16-4-2-3-5-18(16)22/h2-9H,10-14H2,1H3. The molecule has 2 aromatic carbocycles. The van der Waals surface area contributed by atoms with E-state index in [1.807, 2.05) is 24.3 Å². The van der Waals surface area contributed by atoms with Crippen molar-refractivity contribution in [1.82, 2.24) is 4.31 Å². The van der Waals surface area contributed by atoms with Crippen LogP contribution in [0.25, 0.3) is 0 Å². The fourth-order valence-corrected chi connectivity index (χ4v) is 3.91. The van der Waals surface area contributed by atoms with Crippen LogP contribution >= 0.6 is 0 Å². The highest BCUT2D eigenvalue weighted by atomic mass is 32.2. The number of rotatable bonds is 6. The normalized spacial score (nSPS) is 13.9. The third-order valence-corrected chi connectivity index (χ3v) is 5.75. The van der Waals surface area contributed by atoms with Crippen molar-refractivity contribution in [3.63, 3.8) is 0 Å². The van der Waals surface area contributed by atoms with Gasteiger partial charge in [-0.15, -0.1) is 0 Å². The van der Waals surface area contributed by atoms with E-state index >= 15 is 0 Å². The molecule has 0 radical (unpaired) electrons. The lowest BCUT2D eigenvalue weighted by atomic mass is 10.2. The van der Waals surface area contributed by atoms with E-state index in [2.05, 4.69) is 0 Å². The fourth-order valence-electron chi connectivity index (χ4n) is 3.11. The Morgan fingerprint density at radius 2 is 1.85 bits per heavy atom. The zero-order valence-electron chi connectivity index (χ0n) is 14.6. The average molecular weight is 376 g/mol. The van der Waals surface area contributed by atoms with Gasteiger partial charge in [0.05, 0.1) is 6.26 Å². The molecule has 0 atom stereocenters. The largest absolute Gasteiger partial charge is 0.312 e. The number of hydrogen-bond donors (Lipinski definition) is 0. The van der Waals surface area contributed by atoms with Crippen molar-refractivity contribution in [3.8, 4) is 0 Å². The van der Waals surface area contributed by atoms with Crippen LogP contribution < -0.4 is 4.90 Å². The van der Waals surface area contributed by atoms with Crippen LogP contribution in [0, 0.1) is 5.82 Å². The number of nitrogens with zero attached hydrogens (tertiary/aromatic N) is 2. The first-order valence-corrected chi connectivity index (χ1v) is 10.3. The summed E-state index contributed by atoms with van der Waals surface area (Å²) in [6, 6.07) is 13.4. The third-order valence-electron chi connectivity index (χ3n) is 4.50. The van der Waals surface area contributed by atoms with Gasteiger partial charge in [0.15, 0.2) is 0 Å². The molecule has 138 valence electrons. The molecule has 0 aliphatic carbocycles. The number of anilines is 1. The number of para-hydroxylation sites is 1. The number of fused-ring (bicyclic) bond motifs is 1. The van der Waals surface area contributed by atoms with E-state index in [4.69, 9.17) is 0 Å². The highest BCUT2D eigenvalue weighted by molar-refractivity contribution is 7.88. The lowest BCUT2D eigenvalue weighted by molar-refractivity contribution is -0.118. The van der Waals surface area contributed by atoms with Crippen LogP contribution in [-0.2, 0) is 27.8 Å². The summed E-state index contributed by atoms with van der Waals surface area (Å²) in [5.74, 6) is -0.467. The number of carbonyl (C=O) groups excluding carboxylic acids is 1. The molecule has 0 unspecified atom stereocenters. The first kappa shape index (κ1) is 18.5. The molecule has 1 amide bonds. The van der Waals surface area contributed by atoms with Crippen LogP contribution in [0.1, 0.15) is 17.5 Å². The van der Waals surface area contributed by atoms with E-state index in [-0.39, 0.29) is 31.2 Å². The molecule has 0 saturated carbocycles. The van der Waals surface area contributed by atoms with Gasteiger partial charge in [-0.05, 0) is 35.7 Å². The van der Waals surface area contributed by atoms with Crippen molar-refractivity contribution < 1.29 is 17.6 Å². The molecule has 26 heavy (non-hydrogen) atoms. The Bertz CT molecular complexity index is 897. The number of halogens is 1. The van der Waals surface area contributed by atoms with Gasteiger partial charge in [-0.25, -0.2) is 12.8 Å². The third kappa shape index (κ3) is 4.28. The average Bonchev–Trinajstić information content (AvgIpc) is 3.03. The molecule has 0 aromatic heterocycles. The summed E-state index contributed by atoms with van der Waals surface area (Å²) in [5, 5.41) is 0. The van der Waals surface area contributed by atoms with Crippen molar-refractivity contribution in [2.45, 2.75) is 19.4 Å². The smallest absolute Gasteiger partial charge is 0.228 e. The molecular weight excluding hydrogens is 355 g/mol. The molecule has 3 rings (SSSR count). The van der Waals surface area contributed by atoms with Gasteiger partial charge in [0.2, 0.25) is 15.9 Å². The van der Waals surface area contributed by atoms with Gasteiger partial charge in [0.1, 0.15) is 5.82 Å². The summed E-state index contributed by atoms with van der Waals surface area (Å²) >= 11 is 0. The second-order valence-corrected chi connectivity index (χ2v) is 8.38. The van der Waals surface area contributed by atoms with Crippen molar-refractivity contribution >= 4 is 21.6 Å². The minimum absolute atomic E-state index is 0.0910. The van der Waals surface area contributed by atoms with Gasteiger partial charge in [-0.1, -0.05) is 30.3 Å². The monoisotopic (exact) mass is 376 g/mol. The van der Waals surface area contributed by atoms with Crippen LogP contribution in [0.2, 0.25) is 0 Å². The lowest BCUT2D eigenvalue weighted by Gasteiger charge is -2.22. The first-order chi connectivity index (χ1) is 12.3. The first-order valence-electron chi connectivity index (χ1n) is 8.42. The minimum atomic E-state index is -3.48. The molecule has 7 heteroatoms. The van der Waals surface area contributed by atoms with Crippen LogP contribution in [0.4, 0.5) is 10.1 Å². The maximum Gasteiger partial charge on any atom is 0.228 e. The topological polar surface area (TPSA) is 57.7 Å². The summed E-state index contributed by atoms with van der Waals surface area (Å²) in [5.41, 5.74) is 2.71. The van der Waals surface area contributed by atoms with E-state index in [0.717, 1.165) is 23.9 Å². The SMILES string of the molecule is CS(=O)(=O)N(CCC(=O)N1CCc2ccccc21)Cc1ccc(F)cc1. The molecule has 2 aromatic rings. The Kier molecular flexibility index (Phi) is 5.38. The number of carbonyl (C=O) groups is 1. The lowest BCUT2D eigenvalue weighted by Crippen LogP contribution is -2.35. The zero-order chi connectivity index (χ0) is 18.7. The van der Waals surface area contributed by atoms with E-state index in [9.17, 15) is 17.6 Å². The Labute approximate surface area is 153 Å². The van der Waals surface area contributed by atoms with Crippen molar-refractivity contribution in [2.75, 3.05) is 24.2 Å². The fraction of sp³-hybridized carbons (Fsp3) is 0.316. The van der Waals surface area contributed by atoms with Crippen molar-refractivity contribution in [2.24, 2.45) is 0 Å². The zero-order valence-corrected chi connectivity index (χ0v) is 15.4. The summed E-state index contributed by atoms with van der Waals surface area (Å²) < 4.78 is 38.4. The van der Waals surface area contributed by atoms with E-state index in [1.54, 1.807) is 17.0 Å². The van der Waals surface area contributed by atoms with Crippen molar-refractivity contribution in [3.05, 3.63) is 65.5 Å². The van der Waals surface area contributed by atoms with Gasteiger partial charge in [-0.3, -0.25) is 4.79 Å². The van der Waals surface area contributed by atoms with E-state index in [1.165, 1.54) is 16.4 Å². The van der Waals surface area contributed by atoms with Crippen LogP contribution in [0.15, 0.2) is 48.5 Å². The molecule has 0 N–H and O–H groups in total. The Balaban J connectivity index is 1.67. The number of hydrogen-bond acceptors (Lipinski definition) is 3.